The summed E-state index contributed by atoms with van der Waals surface area (Å²) < 4.78 is 0. The molecular weight excluding hydrogens is 182 g/mol. The maximum absolute atomic E-state index is 11.2. The highest BCUT2D eigenvalue weighted by Crippen LogP contribution is 2.21. The number of halogens is 1. The molecule has 1 heterocycles. The maximum atomic E-state index is 11.2. The van der Waals surface area contributed by atoms with Crippen LogP contribution in [0.4, 0.5) is 0 Å². The molecule has 0 saturated carbocycles. The summed E-state index contributed by atoms with van der Waals surface area (Å²) >= 11 is 7.12. The van der Waals surface area contributed by atoms with Crippen LogP contribution in [0.15, 0.2) is 10.8 Å². The molecule has 0 fully saturated rings. The maximum Gasteiger partial charge on any atom is 0.181 e. The third kappa shape index (κ3) is 1.80. The smallest absolute Gasteiger partial charge is 0.181 e. The van der Waals surface area contributed by atoms with Crippen LogP contribution in [0.1, 0.15) is 17.3 Å². The lowest BCUT2D eigenvalue weighted by molar-refractivity contribution is 0.0968. The van der Waals surface area contributed by atoms with Gasteiger partial charge < -0.3 is 5.73 Å². The first kappa shape index (κ1) is 8.71. The summed E-state index contributed by atoms with van der Waals surface area (Å²) in [6, 6.07) is -0.470. The molecule has 0 aliphatic rings. The lowest BCUT2D eigenvalue weighted by Crippen LogP contribution is -2.26. The number of rotatable bonds is 2. The Morgan fingerprint density at radius 1 is 1.73 bits per heavy atom. The van der Waals surface area contributed by atoms with Crippen molar-refractivity contribution in [2.75, 3.05) is 0 Å². The number of Topliss-reactive ketones (excluding diaryl/α,β-unsaturated/α-hetero) is 1. The monoisotopic (exact) mass is 189 g/mol. The first-order chi connectivity index (χ1) is 5.13. The number of ketones is 1. The highest BCUT2D eigenvalue weighted by molar-refractivity contribution is 7.08. The summed E-state index contributed by atoms with van der Waals surface area (Å²) in [6.07, 6.45) is 0. The van der Waals surface area contributed by atoms with E-state index in [-0.39, 0.29) is 5.78 Å². The fourth-order valence-corrected chi connectivity index (χ4v) is 1.76. The predicted molar refractivity (Wildman–Crippen MR) is 47.3 cm³/mol. The molecule has 60 valence electrons. The van der Waals surface area contributed by atoms with E-state index in [1.165, 1.54) is 11.3 Å². The van der Waals surface area contributed by atoms with E-state index in [1.54, 1.807) is 17.7 Å². The van der Waals surface area contributed by atoms with Crippen molar-refractivity contribution in [1.82, 2.24) is 0 Å². The van der Waals surface area contributed by atoms with Gasteiger partial charge in [-0.25, -0.2) is 0 Å². The van der Waals surface area contributed by atoms with E-state index < -0.39 is 6.04 Å². The van der Waals surface area contributed by atoms with Crippen LogP contribution >= 0.6 is 22.9 Å². The molecule has 0 unspecified atom stereocenters. The van der Waals surface area contributed by atoms with Crippen LogP contribution in [0.25, 0.3) is 0 Å². The summed E-state index contributed by atoms with van der Waals surface area (Å²) in [5, 5.41) is 3.93. The van der Waals surface area contributed by atoms with Crippen LogP contribution in [0.5, 0.6) is 0 Å². The summed E-state index contributed by atoms with van der Waals surface area (Å²) in [4.78, 5) is 11.2. The highest BCUT2D eigenvalue weighted by Gasteiger charge is 2.14. The Morgan fingerprint density at radius 2 is 2.36 bits per heavy atom. The van der Waals surface area contributed by atoms with E-state index >= 15 is 0 Å². The number of hydrogen-bond donors (Lipinski definition) is 1. The Morgan fingerprint density at radius 3 is 2.73 bits per heavy atom. The number of carbonyl (C=O) groups is 1. The van der Waals surface area contributed by atoms with E-state index in [2.05, 4.69) is 0 Å². The van der Waals surface area contributed by atoms with Crippen molar-refractivity contribution in [1.29, 1.82) is 0 Å². The summed E-state index contributed by atoms with van der Waals surface area (Å²) in [5.74, 6) is -0.101. The molecule has 0 aliphatic heterocycles. The van der Waals surface area contributed by atoms with E-state index in [4.69, 9.17) is 17.3 Å². The molecule has 1 aromatic heterocycles. The molecule has 2 N–H and O–H groups in total. The topological polar surface area (TPSA) is 43.1 Å². The van der Waals surface area contributed by atoms with E-state index in [0.717, 1.165) is 0 Å². The second kappa shape index (κ2) is 3.34. The van der Waals surface area contributed by atoms with Gasteiger partial charge in [0.05, 0.1) is 11.1 Å². The number of thiophene rings is 1. The van der Waals surface area contributed by atoms with Crippen LogP contribution in [-0.4, -0.2) is 11.8 Å². The Kier molecular flexibility index (Phi) is 2.65. The molecule has 11 heavy (non-hydrogen) atoms. The molecule has 0 aliphatic carbocycles. The summed E-state index contributed by atoms with van der Waals surface area (Å²) in [6.45, 7) is 1.65. The second-order valence-electron chi connectivity index (χ2n) is 2.29. The average molecular weight is 190 g/mol. The van der Waals surface area contributed by atoms with Crippen molar-refractivity contribution in [2.45, 2.75) is 13.0 Å². The minimum absolute atomic E-state index is 0.101. The molecule has 1 aromatic rings. The number of carbonyl (C=O) groups excluding carboxylic acids is 1. The third-order valence-electron chi connectivity index (χ3n) is 1.29. The van der Waals surface area contributed by atoms with Crippen LogP contribution in [0.2, 0.25) is 5.02 Å². The molecular formula is C7H8ClNOS. The van der Waals surface area contributed by atoms with Crippen molar-refractivity contribution in [3.05, 3.63) is 21.3 Å². The zero-order valence-corrected chi connectivity index (χ0v) is 7.58. The molecule has 0 saturated heterocycles. The molecule has 0 bridgehead atoms. The Bertz CT molecular complexity index is 269. The molecule has 0 amide bonds. The third-order valence-corrected chi connectivity index (χ3v) is 2.48. The van der Waals surface area contributed by atoms with Crippen LogP contribution < -0.4 is 5.73 Å². The quantitative estimate of drug-likeness (QED) is 0.723. The van der Waals surface area contributed by atoms with E-state index in [9.17, 15) is 4.79 Å². The van der Waals surface area contributed by atoms with Crippen LogP contribution in [0.3, 0.4) is 0 Å². The fraction of sp³-hybridized carbons (Fsp3) is 0.286. The van der Waals surface area contributed by atoms with Gasteiger partial charge in [0.15, 0.2) is 5.78 Å². The Hall–Kier alpha value is -0.380. The van der Waals surface area contributed by atoms with Gasteiger partial charge in [0.2, 0.25) is 0 Å². The van der Waals surface area contributed by atoms with Gasteiger partial charge in [0, 0.05) is 16.3 Å². The molecule has 0 radical (unpaired) electrons. The Labute approximate surface area is 74.0 Å². The van der Waals surface area contributed by atoms with Gasteiger partial charge in [0.1, 0.15) is 0 Å². The van der Waals surface area contributed by atoms with Gasteiger partial charge >= 0.3 is 0 Å². The van der Waals surface area contributed by atoms with Gasteiger partial charge in [-0.15, -0.1) is 0 Å². The minimum Gasteiger partial charge on any atom is -0.321 e. The fourth-order valence-electron chi connectivity index (χ4n) is 0.703. The molecule has 4 heteroatoms. The van der Waals surface area contributed by atoms with Crippen molar-refractivity contribution in [3.63, 3.8) is 0 Å². The number of hydrogen-bond acceptors (Lipinski definition) is 3. The molecule has 0 spiro atoms. The summed E-state index contributed by atoms with van der Waals surface area (Å²) in [7, 11) is 0. The lowest BCUT2D eigenvalue weighted by Gasteiger charge is -2.00. The van der Waals surface area contributed by atoms with E-state index in [0.29, 0.717) is 10.6 Å². The van der Waals surface area contributed by atoms with Crippen LogP contribution in [0, 0.1) is 0 Å². The summed E-state index contributed by atoms with van der Waals surface area (Å²) in [5.41, 5.74) is 5.93. The largest absolute Gasteiger partial charge is 0.321 e. The zero-order valence-electron chi connectivity index (χ0n) is 6.00. The van der Waals surface area contributed by atoms with Gasteiger partial charge in [-0.1, -0.05) is 11.6 Å². The highest BCUT2D eigenvalue weighted by atomic mass is 35.5. The SMILES string of the molecule is C[C@@H](N)C(=O)c1cscc1Cl. The van der Waals surface area contributed by atoms with Gasteiger partial charge in [-0.3, -0.25) is 4.79 Å². The molecule has 1 rings (SSSR count). The zero-order chi connectivity index (χ0) is 8.43. The van der Waals surface area contributed by atoms with Crippen molar-refractivity contribution < 1.29 is 4.79 Å². The van der Waals surface area contributed by atoms with Gasteiger partial charge in [-0.05, 0) is 6.92 Å². The standard InChI is InChI=1S/C7H8ClNOS/c1-4(9)7(10)5-2-11-3-6(5)8/h2-4H,9H2,1H3/t4-/m1/s1. The molecule has 2 nitrogen and oxygen atoms in total. The lowest BCUT2D eigenvalue weighted by atomic mass is 10.1. The van der Waals surface area contributed by atoms with Crippen molar-refractivity contribution in [3.8, 4) is 0 Å². The second-order valence-corrected chi connectivity index (χ2v) is 3.44. The first-order valence-corrected chi connectivity index (χ1v) is 4.46. The van der Waals surface area contributed by atoms with Crippen molar-refractivity contribution >= 4 is 28.7 Å². The van der Waals surface area contributed by atoms with E-state index in [1.807, 2.05) is 0 Å². The number of nitrogens with two attached hydrogens (primary N) is 1. The normalized spacial score (nSPS) is 13.0. The Balaban J connectivity index is 2.93. The predicted octanol–water partition coefficient (Wildman–Crippen LogP) is 1.93. The van der Waals surface area contributed by atoms with Gasteiger partial charge in [0.25, 0.3) is 0 Å². The van der Waals surface area contributed by atoms with Crippen LogP contribution in [-0.2, 0) is 0 Å². The van der Waals surface area contributed by atoms with Crippen molar-refractivity contribution in [2.24, 2.45) is 5.73 Å². The minimum atomic E-state index is -0.470. The molecule has 0 aromatic carbocycles. The first-order valence-electron chi connectivity index (χ1n) is 3.14. The van der Waals surface area contributed by atoms with Gasteiger partial charge in [-0.2, -0.15) is 11.3 Å². The average Bonchev–Trinajstić information content (AvgIpc) is 2.33. The molecule has 1 atom stereocenters.